The molecule has 0 saturated heterocycles. The van der Waals surface area contributed by atoms with Crippen LogP contribution in [0.5, 0.6) is 0 Å². The van der Waals surface area contributed by atoms with Crippen LogP contribution in [0.4, 0.5) is 14.5 Å². The lowest BCUT2D eigenvalue weighted by molar-refractivity contribution is 0.0973. The number of nitrogens with zero attached hydrogens (tertiary/aromatic N) is 3. The van der Waals surface area contributed by atoms with E-state index in [2.05, 4.69) is 25.9 Å². The van der Waals surface area contributed by atoms with Crippen LogP contribution in [0.1, 0.15) is 55.7 Å². The van der Waals surface area contributed by atoms with Gasteiger partial charge in [-0.05, 0) is 30.0 Å². The number of hydrogen-bond donors (Lipinski definition) is 0. The van der Waals surface area contributed by atoms with Crippen molar-refractivity contribution in [1.29, 1.82) is 0 Å². The zero-order chi connectivity index (χ0) is 18.9. The smallest absolute Gasteiger partial charge is 0.283 e. The maximum atomic E-state index is 13.3. The first-order chi connectivity index (χ1) is 11.6. The highest BCUT2D eigenvalue weighted by molar-refractivity contribution is 6.33. The molecule has 1 heterocycles. The van der Waals surface area contributed by atoms with E-state index in [0.29, 0.717) is 12.2 Å². The predicted octanol–water partition coefficient (Wildman–Crippen LogP) is 4.98. The largest absolute Gasteiger partial charge is 0.308 e. The number of aromatic nitrogens is 2. The maximum Gasteiger partial charge on any atom is 0.283 e. The lowest BCUT2D eigenvalue weighted by atomic mass is 9.87. The van der Waals surface area contributed by atoms with E-state index in [1.54, 1.807) is 13.0 Å². The summed E-state index contributed by atoms with van der Waals surface area (Å²) in [6.07, 6.45) is -2.88. The van der Waals surface area contributed by atoms with Crippen molar-refractivity contribution in [2.75, 3.05) is 11.4 Å². The molecule has 7 heteroatoms. The summed E-state index contributed by atoms with van der Waals surface area (Å²) >= 11 is 6.06. The molecule has 1 amide bonds. The number of halogens is 3. The van der Waals surface area contributed by atoms with Crippen molar-refractivity contribution < 1.29 is 13.6 Å². The van der Waals surface area contributed by atoms with E-state index < -0.39 is 18.0 Å². The number of aryl methyl sites for hydroxylation is 1. The molecule has 1 aromatic carbocycles. The number of anilines is 1. The van der Waals surface area contributed by atoms with Gasteiger partial charge < -0.3 is 4.90 Å². The van der Waals surface area contributed by atoms with Crippen LogP contribution in [-0.4, -0.2) is 22.2 Å². The SMILES string of the molecule is CCN(C(=O)c1c(C(F)F)nn(C)c1Cl)c1cccc(C(C)(C)C)c1. The minimum absolute atomic E-state index is 0.0919. The highest BCUT2D eigenvalue weighted by Gasteiger charge is 2.30. The number of carbonyl (C=O) groups is 1. The monoisotopic (exact) mass is 369 g/mol. The standard InChI is InChI=1S/C18H22ClF2N3O/c1-6-24(12-9-7-8-11(10-12)18(2,3)4)17(25)13-14(16(20)21)22-23(5)15(13)19/h7-10,16H,6H2,1-5H3. The lowest BCUT2D eigenvalue weighted by Crippen LogP contribution is -2.31. The summed E-state index contributed by atoms with van der Waals surface area (Å²) in [5, 5.41) is 3.59. The highest BCUT2D eigenvalue weighted by Crippen LogP contribution is 2.31. The Kier molecular flexibility index (Phi) is 5.52. The van der Waals surface area contributed by atoms with Gasteiger partial charge in [-0.2, -0.15) is 5.10 Å². The van der Waals surface area contributed by atoms with E-state index in [4.69, 9.17) is 11.6 Å². The molecule has 0 N–H and O–H groups in total. The third kappa shape index (κ3) is 3.84. The van der Waals surface area contributed by atoms with Gasteiger partial charge >= 0.3 is 0 Å². The molecule has 2 aromatic rings. The van der Waals surface area contributed by atoms with Gasteiger partial charge in [-0.1, -0.05) is 44.5 Å². The Morgan fingerprint density at radius 2 is 2.00 bits per heavy atom. The fourth-order valence-corrected chi connectivity index (χ4v) is 2.81. The summed E-state index contributed by atoms with van der Waals surface area (Å²) in [6, 6.07) is 7.50. The van der Waals surface area contributed by atoms with E-state index in [-0.39, 0.29) is 16.1 Å². The van der Waals surface area contributed by atoms with E-state index in [9.17, 15) is 13.6 Å². The minimum atomic E-state index is -2.88. The maximum absolute atomic E-state index is 13.3. The molecule has 0 saturated carbocycles. The topological polar surface area (TPSA) is 38.1 Å². The lowest BCUT2D eigenvalue weighted by Gasteiger charge is -2.25. The van der Waals surface area contributed by atoms with E-state index in [0.717, 1.165) is 10.2 Å². The first kappa shape index (κ1) is 19.4. The van der Waals surface area contributed by atoms with Crippen LogP contribution in [0.2, 0.25) is 5.15 Å². The molecule has 0 aliphatic rings. The van der Waals surface area contributed by atoms with Crippen molar-refractivity contribution in [1.82, 2.24) is 9.78 Å². The first-order valence-electron chi connectivity index (χ1n) is 8.00. The van der Waals surface area contributed by atoms with Crippen LogP contribution in [0, 0.1) is 0 Å². The molecule has 0 spiro atoms. The number of benzene rings is 1. The van der Waals surface area contributed by atoms with Crippen molar-refractivity contribution in [3.63, 3.8) is 0 Å². The summed E-state index contributed by atoms with van der Waals surface area (Å²) in [5.74, 6) is -0.582. The summed E-state index contributed by atoms with van der Waals surface area (Å²) in [5.41, 5.74) is 0.742. The Morgan fingerprint density at radius 3 is 2.52 bits per heavy atom. The average molecular weight is 370 g/mol. The molecule has 0 aliphatic carbocycles. The van der Waals surface area contributed by atoms with Gasteiger partial charge in [-0.25, -0.2) is 8.78 Å². The molecule has 0 atom stereocenters. The molecule has 2 rings (SSSR count). The van der Waals surface area contributed by atoms with Crippen molar-refractivity contribution in [3.8, 4) is 0 Å². The van der Waals surface area contributed by atoms with Crippen LogP contribution >= 0.6 is 11.6 Å². The Labute approximate surface area is 151 Å². The molecule has 0 radical (unpaired) electrons. The third-order valence-corrected chi connectivity index (χ3v) is 4.44. The molecule has 0 fully saturated rings. The third-order valence-electron chi connectivity index (χ3n) is 4.01. The number of hydrogen-bond acceptors (Lipinski definition) is 2. The van der Waals surface area contributed by atoms with Gasteiger partial charge in [0.25, 0.3) is 12.3 Å². The number of alkyl halides is 2. The molecular formula is C18H22ClF2N3O. The number of amides is 1. The highest BCUT2D eigenvalue weighted by atomic mass is 35.5. The Balaban J connectivity index is 2.51. The number of carbonyl (C=O) groups excluding carboxylic acids is 1. The van der Waals surface area contributed by atoms with Gasteiger partial charge in [-0.15, -0.1) is 0 Å². The molecule has 136 valence electrons. The fourth-order valence-electron chi connectivity index (χ4n) is 2.59. The quantitative estimate of drug-likeness (QED) is 0.762. The van der Waals surface area contributed by atoms with Crippen molar-refractivity contribution in [2.24, 2.45) is 7.05 Å². The average Bonchev–Trinajstić information content (AvgIpc) is 2.83. The van der Waals surface area contributed by atoms with E-state index in [1.807, 2.05) is 18.2 Å². The van der Waals surface area contributed by atoms with Crippen LogP contribution in [0.25, 0.3) is 0 Å². The van der Waals surface area contributed by atoms with E-state index in [1.165, 1.54) is 11.9 Å². The fraction of sp³-hybridized carbons (Fsp3) is 0.444. The molecule has 0 bridgehead atoms. The molecule has 0 aliphatic heterocycles. The predicted molar refractivity (Wildman–Crippen MR) is 95.7 cm³/mol. The Hall–Kier alpha value is -1.95. The van der Waals surface area contributed by atoms with Gasteiger partial charge in [-0.3, -0.25) is 9.48 Å². The van der Waals surface area contributed by atoms with Crippen LogP contribution in [0.15, 0.2) is 24.3 Å². The molecule has 0 unspecified atom stereocenters. The van der Waals surface area contributed by atoms with Crippen LogP contribution in [-0.2, 0) is 12.5 Å². The molecule has 4 nitrogen and oxygen atoms in total. The normalized spacial score (nSPS) is 11.9. The second-order valence-electron chi connectivity index (χ2n) is 6.83. The van der Waals surface area contributed by atoms with Crippen LogP contribution in [0.3, 0.4) is 0 Å². The van der Waals surface area contributed by atoms with Gasteiger partial charge in [0, 0.05) is 19.3 Å². The summed E-state index contributed by atoms with van der Waals surface area (Å²) in [6.45, 7) is 8.31. The van der Waals surface area contributed by atoms with Crippen LogP contribution < -0.4 is 4.90 Å². The minimum Gasteiger partial charge on any atom is -0.308 e. The van der Waals surface area contributed by atoms with Crippen molar-refractivity contribution in [2.45, 2.75) is 39.5 Å². The summed E-state index contributed by atoms with van der Waals surface area (Å²) in [7, 11) is 1.43. The van der Waals surface area contributed by atoms with Crippen molar-refractivity contribution in [3.05, 3.63) is 46.2 Å². The van der Waals surface area contributed by atoms with Gasteiger partial charge in [0.15, 0.2) is 0 Å². The molecular weight excluding hydrogens is 348 g/mol. The van der Waals surface area contributed by atoms with Gasteiger partial charge in [0.1, 0.15) is 16.4 Å². The van der Waals surface area contributed by atoms with Gasteiger partial charge in [0.2, 0.25) is 0 Å². The first-order valence-corrected chi connectivity index (χ1v) is 8.38. The molecule has 1 aromatic heterocycles. The Morgan fingerprint density at radius 1 is 1.36 bits per heavy atom. The summed E-state index contributed by atoms with van der Waals surface area (Å²) < 4.78 is 27.6. The zero-order valence-corrected chi connectivity index (χ0v) is 15.7. The van der Waals surface area contributed by atoms with Gasteiger partial charge in [0.05, 0.1) is 0 Å². The molecule has 25 heavy (non-hydrogen) atoms. The number of rotatable bonds is 4. The zero-order valence-electron chi connectivity index (χ0n) is 15.0. The van der Waals surface area contributed by atoms with Crippen molar-refractivity contribution >= 4 is 23.2 Å². The van der Waals surface area contributed by atoms with E-state index >= 15 is 0 Å². The second kappa shape index (κ2) is 7.12. The Bertz CT molecular complexity index is 781. The summed E-state index contributed by atoms with van der Waals surface area (Å²) in [4.78, 5) is 14.4. The second-order valence-corrected chi connectivity index (χ2v) is 7.18.